The van der Waals surface area contributed by atoms with E-state index in [1.165, 1.54) is 16.7 Å². The molecule has 0 radical (unpaired) electrons. The second-order valence-electron chi connectivity index (χ2n) is 6.46. The number of aliphatic hydroxyl groups excluding tert-OH is 1. The van der Waals surface area contributed by atoms with Crippen LogP contribution in [0.1, 0.15) is 41.8 Å². The summed E-state index contributed by atoms with van der Waals surface area (Å²) in [6.45, 7) is 9.54. The monoisotopic (exact) mass is 331 g/mol. The number of methoxy groups -OCH3 is 1. The van der Waals surface area contributed by atoms with Crippen molar-refractivity contribution < 1.29 is 9.84 Å². The first kappa shape index (κ1) is 18.6. The number of benzene rings is 1. The zero-order valence-electron chi connectivity index (χ0n) is 15.3. The quantitative estimate of drug-likeness (QED) is 0.781. The summed E-state index contributed by atoms with van der Waals surface area (Å²) in [6.07, 6.45) is 2.18. The lowest BCUT2D eigenvalue weighted by Gasteiger charge is -2.16. The van der Waals surface area contributed by atoms with E-state index < -0.39 is 6.10 Å². The molecule has 1 heterocycles. The Balaban J connectivity index is 2.07. The SMILES string of the molecule is COCC(O)CCNC(C)c1cnn(-c2cc(C)ccc2C)c1C. The van der Waals surface area contributed by atoms with Gasteiger partial charge in [-0.2, -0.15) is 5.10 Å². The van der Waals surface area contributed by atoms with E-state index >= 15 is 0 Å². The molecule has 2 rings (SSSR count). The highest BCUT2D eigenvalue weighted by Gasteiger charge is 2.15. The van der Waals surface area contributed by atoms with Crippen LogP contribution in [-0.2, 0) is 4.74 Å². The summed E-state index contributed by atoms with van der Waals surface area (Å²) in [5.41, 5.74) is 5.88. The normalized spacial score (nSPS) is 13.9. The maximum absolute atomic E-state index is 9.72. The van der Waals surface area contributed by atoms with Gasteiger partial charge < -0.3 is 15.2 Å². The molecule has 132 valence electrons. The molecule has 5 heteroatoms. The van der Waals surface area contributed by atoms with E-state index in [0.29, 0.717) is 13.0 Å². The fraction of sp³-hybridized carbons (Fsp3) is 0.526. The highest BCUT2D eigenvalue weighted by atomic mass is 16.5. The zero-order chi connectivity index (χ0) is 17.7. The van der Waals surface area contributed by atoms with E-state index in [9.17, 15) is 5.11 Å². The highest BCUT2D eigenvalue weighted by Crippen LogP contribution is 2.22. The van der Waals surface area contributed by atoms with Gasteiger partial charge in [0.1, 0.15) is 0 Å². The van der Waals surface area contributed by atoms with Gasteiger partial charge in [-0.25, -0.2) is 4.68 Å². The van der Waals surface area contributed by atoms with Gasteiger partial charge in [-0.3, -0.25) is 0 Å². The molecular formula is C19H29N3O2. The Bertz CT molecular complexity index is 667. The molecule has 2 aromatic rings. The van der Waals surface area contributed by atoms with Crippen LogP contribution in [0.5, 0.6) is 0 Å². The van der Waals surface area contributed by atoms with Crippen molar-refractivity contribution in [2.24, 2.45) is 0 Å². The maximum Gasteiger partial charge on any atom is 0.0785 e. The average Bonchev–Trinajstić information content (AvgIpc) is 2.91. The molecular weight excluding hydrogens is 302 g/mol. The Morgan fingerprint density at radius 1 is 1.29 bits per heavy atom. The van der Waals surface area contributed by atoms with Crippen molar-refractivity contribution in [2.75, 3.05) is 20.3 Å². The fourth-order valence-corrected chi connectivity index (χ4v) is 2.89. The summed E-state index contributed by atoms with van der Waals surface area (Å²) in [6, 6.07) is 6.59. The lowest BCUT2D eigenvalue weighted by molar-refractivity contribution is 0.0590. The number of hydrogen-bond acceptors (Lipinski definition) is 4. The molecule has 2 unspecified atom stereocenters. The summed E-state index contributed by atoms with van der Waals surface area (Å²) in [5, 5.41) is 17.8. The van der Waals surface area contributed by atoms with Gasteiger partial charge in [0, 0.05) is 24.4 Å². The lowest BCUT2D eigenvalue weighted by atomic mass is 10.1. The number of nitrogens with one attached hydrogen (secondary N) is 1. The van der Waals surface area contributed by atoms with Gasteiger partial charge in [0.05, 0.1) is 24.6 Å². The summed E-state index contributed by atoms with van der Waals surface area (Å²) < 4.78 is 6.96. The predicted octanol–water partition coefficient (Wildman–Crippen LogP) is 2.85. The molecule has 0 aliphatic rings. The Morgan fingerprint density at radius 3 is 2.75 bits per heavy atom. The Labute approximate surface area is 144 Å². The van der Waals surface area contributed by atoms with Crippen LogP contribution in [0.3, 0.4) is 0 Å². The van der Waals surface area contributed by atoms with Gasteiger partial charge in [0.25, 0.3) is 0 Å². The third-order valence-corrected chi connectivity index (χ3v) is 4.39. The van der Waals surface area contributed by atoms with E-state index in [-0.39, 0.29) is 6.04 Å². The van der Waals surface area contributed by atoms with Crippen LogP contribution < -0.4 is 5.32 Å². The second kappa shape index (κ2) is 8.42. The summed E-state index contributed by atoms with van der Waals surface area (Å²) >= 11 is 0. The number of aliphatic hydroxyl groups is 1. The van der Waals surface area contributed by atoms with Crippen molar-refractivity contribution in [1.29, 1.82) is 0 Å². The molecule has 0 fully saturated rings. The van der Waals surface area contributed by atoms with Crippen molar-refractivity contribution in [3.05, 3.63) is 46.8 Å². The van der Waals surface area contributed by atoms with Crippen LogP contribution in [-0.4, -0.2) is 41.3 Å². The van der Waals surface area contributed by atoms with Crippen LogP contribution in [0.4, 0.5) is 0 Å². The van der Waals surface area contributed by atoms with Gasteiger partial charge in [-0.15, -0.1) is 0 Å². The van der Waals surface area contributed by atoms with E-state index in [1.807, 2.05) is 10.9 Å². The zero-order valence-corrected chi connectivity index (χ0v) is 15.3. The summed E-state index contributed by atoms with van der Waals surface area (Å²) in [5.74, 6) is 0. The third-order valence-electron chi connectivity index (χ3n) is 4.39. The topological polar surface area (TPSA) is 59.3 Å². The molecule has 2 N–H and O–H groups in total. The van der Waals surface area contributed by atoms with Gasteiger partial charge in [-0.1, -0.05) is 12.1 Å². The molecule has 2 atom stereocenters. The van der Waals surface area contributed by atoms with Crippen LogP contribution >= 0.6 is 0 Å². The molecule has 5 nitrogen and oxygen atoms in total. The van der Waals surface area contributed by atoms with Crippen molar-refractivity contribution >= 4 is 0 Å². The minimum absolute atomic E-state index is 0.179. The van der Waals surface area contributed by atoms with Gasteiger partial charge in [-0.05, 0) is 57.9 Å². The summed E-state index contributed by atoms with van der Waals surface area (Å²) in [7, 11) is 1.60. The smallest absolute Gasteiger partial charge is 0.0785 e. The number of hydrogen-bond donors (Lipinski definition) is 2. The minimum atomic E-state index is -0.423. The Hall–Kier alpha value is -1.69. The van der Waals surface area contributed by atoms with E-state index in [1.54, 1.807) is 7.11 Å². The average molecular weight is 331 g/mol. The molecule has 0 aliphatic carbocycles. The molecule has 0 aliphatic heterocycles. The summed E-state index contributed by atoms with van der Waals surface area (Å²) in [4.78, 5) is 0. The van der Waals surface area contributed by atoms with Gasteiger partial charge >= 0.3 is 0 Å². The molecule has 0 spiro atoms. The van der Waals surface area contributed by atoms with Crippen LogP contribution in [0, 0.1) is 20.8 Å². The van der Waals surface area contributed by atoms with Crippen LogP contribution in [0.2, 0.25) is 0 Å². The van der Waals surface area contributed by atoms with Crippen molar-refractivity contribution in [3.63, 3.8) is 0 Å². The first-order valence-electron chi connectivity index (χ1n) is 8.46. The molecule has 0 amide bonds. The standard InChI is InChI=1S/C19H29N3O2/c1-13-6-7-14(2)19(10-13)22-16(4)18(11-21-22)15(3)20-9-8-17(23)12-24-5/h6-7,10-11,15,17,20,23H,8-9,12H2,1-5H3. The number of ether oxygens (including phenoxy) is 1. The Kier molecular flexibility index (Phi) is 6.54. The van der Waals surface area contributed by atoms with Crippen molar-refractivity contribution in [1.82, 2.24) is 15.1 Å². The van der Waals surface area contributed by atoms with E-state index in [0.717, 1.165) is 17.9 Å². The maximum atomic E-state index is 9.72. The largest absolute Gasteiger partial charge is 0.391 e. The Morgan fingerprint density at radius 2 is 2.04 bits per heavy atom. The fourth-order valence-electron chi connectivity index (χ4n) is 2.89. The first-order chi connectivity index (χ1) is 11.4. The van der Waals surface area contributed by atoms with E-state index in [4.69, 9.17) is 4.74 Å². The van der Waals surface area contributed by atoms with Gasteiger partial charge in [0.2, 0.25) is 0 Å². The number of rotatable bonds is 8. The molecule has 0 bridgehead atoms. The predicted molar refractivity (Wildman–Crippen MR) is 96.7 cm³/mol. The van der Waals surface area contributed by atoms with Crippen molar-refractivity contribution in [2.45, 2.75) is 46.3 Å². The molecule has 1 aromatic heterocycles. The molecule has 1 aromatic carbocycles. The molecule has 24 heavy (non-hydrogen) atoms. The van der Waals surface area contributed by atoms with Crippen molar-refractivity contribution in [3.8, 4) is 5.69 Å². The molecule has 0 saturated carbocycles. The third kappa shape index (κ3) is 4.44. The highest BCUT2D eigenvalue weighted by molar-refractivity contribution is 5.44. The second-order valence-corrected chi connectivity index (χ2v) is 6.46. The van der Waals surface area contributed by atoms with Crippen LogP contribution in [0.15, 0.2) is 24.4 Å². The van der Waals surface area contributed by atoms with Crippen LogP contribution in [0.25, 0.3) is 5.69 Å². The first-order valence-corrected chi connectivity index (χ1v) is 8.46. The number of aromatic nitrogens is 2. The number of nitrogens with zero attached hydrogens (tertiary/aromatic N) is 2. The van der Waals surface area contributed by atoms with Gasteiger partial charge in [0.15, 0.2) is 0 Å². The van der Waals surface area contributed by atoms with E-state index in [2.05, 4.69) is 56.3 Å². The molecule has 0 saturated heterocycles. The lowest BCUT2D eigenvalue weighted by Crippen LogP contribution is -2.25. The number of aryl methyl sites for hydroxylation is 2. The minimum Gasteiger partial charge on any atom is -0.391 e.